The van der Waals surface area contributed by atoms with E-state index in [0.717, 1.165) is 10.8 Å². The van der Waals surface area contributed by atoms with Gasteiger partial charge < -0.3 is 4.74 Å². The molecule has 7 heteroatoms. The molecular formula is C13H10FN3O3. The highest BCUT2D eigenvalue weighted by Crippen LogP contribution is 2.19. The molecule has 0 radical (unpaired) electrons. The third-order valence-electron chi connectivity index (χ3n) is 2.71. The SMILES string of the molecule is COc1cc(Cn2cc(F)c(=O)[nH]c2=O)ccc1C#N. The second-order valence-electron chi connectivity index (χ2n) is 4.01. The second kappa shape index (κ2) is 5.40. The molecule has 1 N–H and O–H groups in total. The molecule has 1 heterocycles. The number of ether oxygens (including phenoxy) is 1. The zero-order valence-electron chi connectivity index (χ0n) is 10.5. The van der Waals surface area contributed by atoms with E-state index in [4.69, 9.17) is 10.00 Å². The van der Waals surface area contributed by atoms with Crippen LogP contribution in [0.25, 0.3) is 0 Å². The number of aromatic amines is 1. The predicted octanol–water partition coefficient (Wildman–Crippen LogP) is 0.604. The van der Waals surface area contributed by atoms with E-state index in [1.165, 1.54) is 7.11 Å². The Morgan fingerprint density at radius 3 is 2.85 bits per heavy atom. The van der Waals surface area contributed by atoms with Gasteiger partial charge in [-0.1, -0.05) is 6.07 Å². The number of rotatable bonds is 3. The molecule has 0 aliphatic carbocycles. The van der Waals surface area contributed by atoms with Gasteiger partial charge in [0.05, 0.1) is 25.4 Å². The van der Waals surface area contributed by atoms with E-state index >= 15 is 0 Å². The van der Waals surface area contributed by atoms with Gasteiger partial charge in [-0.25, -0.2) is 4.79 Å². The van der Waals surface area contributed by atoms with Crippen LogP contribution in [0.3, 0.4) is 0 Å². The standard InChI is InChI=1S/C13H10FN3O3/c1-20-11-4-8(2-3-9(11)5-15)6-17-7-10(14)12(18)16-13(17)19/h2-4,7H,6H2,1H3,(H,16,18,19). The molecule has 2 aromatic rings. The number of benzene rings is 1. The molecule has 1 aromatic carbocycles. The Bertz CT molecular complexity index is 802. The van der Waals surface area contributed by atoms with Crippen LogP contribution in [-0.4, -0.2) is 16.7 Å². The Hall–Kier alpha value is -2.88. The topological polar surface area (TPSA) is 87.9 Å². The Labute approximate surface area is 112 Å². The van der Waals surface area contributed by atoms with Gasteiger partial charge in [0.25, 0.3) is 5.56 Å². The van der Waals surface area contributed by atoms with Crippen molar-refractivity contribution in [2.75, 3.05) is 7.11 Å². The first-order valence-electron chi connectivity index (χ1n) is 5.61. The highest BCUT2D eigenvalue weighted by Gasteiger charge is 2.07. The summed E-state index contributed by atoms with van der Waals surface area (Å²) in [6.07, 6.45) is 0.839. The summed E-state index contributed by atoms with van der Waals surface area (Å²) in [4.78, 5) is 24.3. The van der Waals surface area contributed by atoms with Crippen LogP contribution in [0, 0.1) is 17.1 Å². The molecular weight excluding hydrogens is 265 g/mol. The highest BCUT2D eigenvalue weighted by atomic mass is 19.1. The lowest BCUT2D eigenvalue weighted by atomic mass is 10.1. The number of halogens is 1. The van der Waals surface area contributed by atoms with E-state index in [-0.39, 0.29) is 6.54 Å². The molecule has 0 saturated carbocycles. The van der Waals surface area contributed by atoms with Crippen LogP contribution >= 0.6 is 0 Å². The number of aromatic nitrogens is 2. The van der Waals surface area contributed by atoms with Crippen molar-refractivity contribution >= 4 is 0 Å². The van der Waals surface area contributed by atoms with Gasteiger partial charge in [-0.15, -0.1) is 0 Å². The number of nitrogens with one attached hydrogen (secondary N) is 1. The molecule has 0 saturated heterocycles. The Kier molecular flexibility index (Phi) is 3.66. The van der Waals surface area contributed by atoms with Crippen molar-refractivity contribution in [3.05, 3.63) is 62.2 Å². The van der Waals surface area contributed by atoms with E-state index in [1.54, 1.807) is 18.2 Å². The normalized spacial score (nSPS) is 10.1. The molecule has 0 bridgehead atoms. The lowest BCUT2D eigenvalue weighted by molar-refractivity contribution is 0.412. The number of methoxy groups -OCH3 is 1. The van der Waals surface area contributed by atoms with E-state index in [2.05, 4.69) is 0 Å². The van der Waals surface area contributed by atoms with Crippen molar-refractivity contribution in [2.24, 2.45) is 0 Å². The van der Waals surface area contributed by atoms with Gasteiger partial charge in [0.2, 0.25) is 5.82 Å². The fourth-order valence-corrected chi connectivity index (χ4v) is 1.72. The van der Waals surface area contributed by atoms with Crippen molar-refractivity contribution in [3.63, 3.8) is 0 Å². The average molecular weight is 275 g/mol. The number of hydrogen-bond acceptors (Lipinski definition) is 4. The van der Waals surface area contributed by atoms with Crippen LogP contribution in [0.5, 0.6) is 5.75 Å². The molecule has 0 atom stereocenters. The maximum Gasteiger partial charge on any atom is 0.328 e. The van der Waals surface area contributed by atoms with E-state index in [1.807, 2.05) is 11.1 Å². The first kappa shape index (κ1) is 13.5. The van der Waals surface area contributed by atoms with Crippen LogP contribution < -0.4 is 16.0 Å². The van der Waals surface area contributed by atoms with Crippen LogP contribution in [0.15, 0.2) is 34.0 Å². The maximum absolute atomic E-state index is 13.2. The third-order valence-corrected chi connectivity index (χ3v) is 2.71. The summed E-state index contributed by atoms with van der Waals surface area (Å²) < 4.78 is 19.2. The van der Waals surface area contributed by atoms with Gasteiger partial charge >= 0.3 is 5.69 Å². The van der Waals surface area contributed by atoms with Crippen molar-refractivity contribution in [1.29, 1.82) is 5.26 Å². The number of H-pyrrole nitrogens is 1. The monoisotopic (exact) mass is 275 g/mol. The Balaban J connectivity index is 2.41. The van der Waals surface area contributed by atoms with Crippen LogP contribution in [0.1, 0.15) is 11.1 Å². The predicted molar refractivity (Wildman–Crippen MR) is 68.1 cm³/mol. The molecule has 2 rings (SSSR count). The number of nitriles is 1. The van der Waals surface area contributed by atoms with Crippen LogP contribution in [-0.2, 0) is 6.54 Å². The first-order valence-corrected chi connectivity index (χ1v) is 5.61. The summed E-state index contributed by atoms with van der Waals surface area (Å²) in [5, 5.41) is 8.87. The van der Waals surface area contributed by atoms with E-state index in [0.29, 0.717) is 16.9 Å². The van der Waals surface area contributed by atoms with Gasteiger partial charge in [-0.05, 0) is 17.7 Å². The zero-order valence-corrected chi connectivity index (χ0v) is 10.5. The van der Waals surface area contributed by atoms with Gasteiger partial charge in [-0.2, -0.15) is 9.65 Å². The highest BCUT2D eigenvalue weighted by molar-refractivity contribution is 5.45. The molecule has 0 fully saturated rings. The van der Waals surface area contributed by atoms with Crippen LogP contribution in [0.4, 0.5) is 4.39 Å². The molecule has 0 spiro atoms. The molecule has 0 amide bonds. The first-order chi connectivity index (χ1) is 9.55. The summed E-state index contributed by atoms with van der Waals surface area (Å²) in [5.74, 6) is -0.673. The minimum atomic E-state index is -1.05. The van der Waals surface area contributed by atoms with E-state index in [9.17, 15) is 14.0 Å². The molecule has 0 unspecified atom stereocenters. The quantitative estimate of drug-likeness (QED) is 0.888. The van der Waals surface area contributed by atoms with Crippen molar-refractivity contribution in [3.8, 4) is 11.8 Å². The maximum atomic E-state index is 13.2. The molecule has 1 aromatic heterocycles. The Morgan fingerprint density at radius 1 is 1.45 bits per heavy atom. The van der Waals surface area contributed by atoms with Gasteiger partial charge in [0.15, 0.2) is 0 Å². The van der Waals surface area contributed by atoms with E-state index < -0.39 is 17.1 Å². The molecule has 0 aliphatic heterocycles. The number of hydrogen-bond donors (Lipinski definition) is 1. The van der Waals surface area contributed by atoms with Gasteiger partial charge in [-0.3, -0.25) is 14.3 Å². The number of nitrogens with zero attached hydrogens (tertiary/aromatic N) is 2. The summed E-state index contributed by atoms with van der Waals surface area (Å²) in [6.45, 7) is 0.0502. The Morgan fingerprint density at radius 2 is 2.20 bits per heavy atom. The summed E-state index contributed by atoms with van der Waals surface area (Å²) >= 11 is 0. The minimum absolute atomic E-state index is 0.0502. The minimum Gasteiger partial charge on any atom is -0.495 e. The summed E-state index contributed by atoms with van der Waals surface area (Å²) in [6, 6.07) is 6.71. The summed E-state index contributed by atoms with van der Waals surface area (Å²) in [5.41, 5.74) is -0.769. The molecule has 102 valence electrons. The largest absolute Gasteiger partial charge is 0.495 e. The fraction of sp³-hybridized carbons (Fsp3) is 0.154. The van der Waals surface area contributed by atoms with Crippen molar-refractivity contribution in [2.45, 2.75) is 6.54 Å². The van der Waals surface area contributed by atoms with Crippen molar-refractivity contribution in [1.82, 2.24) is 9.55 Å². The van der Waals surface area contributed by atoms with Crippen molar-refractivity contribution < 1.29 is 9.13 Å². The van der Waals surface area contributed by atoms with Crippen LogP contribution in [0.2, 0.25) is 0 Å². The zero-order chi connectivity index (χ0) is 14.7. The smallest absolute Gasteiger partial charge is 0.328 e. The summed E-state index contributed by atoms with van der Waals surface area (Å²) in [7, 11) is 1.42. The fourth-order valence-electron chi connectivity index (χ4n) is 1.72. The lowest BCUT2D eigenvalue weighted by Gasteiger charge is -2.08. The molecule has 6 nitrogen and oxygen atoms in total. The van der Waals surface area contributed by atoms with Gasteiger partial charge in [0.1, 0.15) is 11.8 Å². The van der Waals surface area contributed by atoms with Gasteiger partial charge in [0, 0.05) is 0 Å². The average Bonchev–Trinajstić information content (AvgIpc) is 2.44. The molecule has 20 heavy (non-hydrogen) atoms. The second-order valence-corrected chi connectivity index (χ2v) is 4.01. The third kappa shape index (κ3) is 2.59. The molecule has 0 aliphatic rings. The lowest BCUT2D eigenvalue weighted by Crippen LogP contribution is -2.31.